The van der Waals surface area contributed by atoms with E-state index in [2.05, 4.69) is 9.72 Å². The van der Waals surface area contributed by atoms with Crippen molar-refractivity contribution in [3.8, 4) is 5.88 Å². The van der Waals surface area contributed by atoms with E-state index >= 15 is 0 Å². The lowest BCUT2D eigenvalue weighted by Crippen LogP contribution is -2.18. The molecule has 1 aromatic rings. The van der Waals surface area contributed by atoms with Crippen LogP contribution in [-0.4, -0.2) is 11.3 Å². The molecule has 0 aliphatic rings. The smallest absolute Gasteiger partial charge is 0.388 e. The van der Waals surface area contributed by atoms with Crippen LogP contribution in [0.15, 0.2) is 6.07 Å². The van der Waals surface area contributed by atoms with Crippen LogP contribution in [0.5, 0.6) is 5.88 Å². The molecule has 0 atom stereocenters. The minimum absolute atomic E-state index is 0.412. The third-order valence-corrected chi connectivity index (χ3v) is 2.72. The minimum atomic E-state index is -4.68. The van der Waals surface area contributed by atoms with Crippen molar-refractivity contribution in [1.82, 2.24) is 4.98 Å². The van der Waals surface area contributed by atoms with Gasteiger partial charge in [0.1, 0.15) is 3.70 Å². The molecule has 0 aliphatic heterocycles. The molecule has 0 unspecified atom stereocenters. The van der Waals surface area contributed by atoms with Crippen LogP contribution < -0.4 is 4.74 Å². The summed E-state index contributed by atoms with van der Waals surface area (Å²) in [6.07, 6.45) is -4.68. The summed E-state index contributed by atoms with van der Waals surface area (Å²) >= 11 is 1.87. The first kappa shape index (κ1) is 11.5. The molecule has 14 heavy (non-hydrogen) atoms. The van der Waals surface area contributed by atoms with Crippen LogP contribution in [-0.2, 0) is 0 Å². The van der Waals surface area contributed by atoms with Crippen molar-refractivity contribution in [2.45, 2.75) is 20.2 Å². The number of nitrogens with zero attached hydrogens (tertiary/aromatic N) is 1. The van der Waals surface area contributed by atoms with Gasteiger partial charge in [-0.3, -0.25) is 0 Å². The van der Waals surface area contributed by atoms with E-state index < -0.39 is 12.2 Å². The average Bonchev–Trinajstić information content (AvgIpc) is 1.96. The van der Waals surface area contributed by atoms with E-state index in [1.165, 1.54) is 6.07 Å². The second-order valence-electron chi connectivity index (χ2n) is 2.74. The molecule has 6 heteroatoms. The number of aromatic nitrogens is 1. The number of rotatable bonds is 1. The molecule has 1 rings (SSSR count). The molecule has 0 radical (unpaired) electrons. The molecule has 0 amide bonds. The summed E-state index contributed by atoms with van der Waals surface area (Å²) in [5, 5.41) is 0. The van der Waals surface area contributed by atoms with Gasteiger partial charge in [-0.2, -0.15) is 0 Å². The molecular formula is C8H7F3INO. The zero-order chi connectivity index (χ0) is 10.9. The maximum absolute atomic E-state index is 11.8. The van der Waals surface area contributed by atoms with Gasteiger partial charge < -0.3 is 4.74 Å². The normalized spacial score (nSPS) is 11.6. The number of hydrogen-bond donors (Lipinski definition) is 0. The van der Waals surface area contributed by atoms with Crippen LogP contribution >= 0.6 is 22.6 Å². The first-order valence-electron chi connectivity index (χ1n) is 3.69. The Kier molecular flexibility index (Phi) is 3.23. The SMILES string of the molecule is Cc1cc(OC(F)(F)F)nc(I)c1C. The summed E-state index contributed by atoms with van der Waals surface area (Å²) in [7, 11) is 0. The Hall–Kier alpha value is -0.530. The molecule has 0 saturated heterocycles. The Morgan fingerprint density at radius 2 is 1.93 bits per heavy atom. The predicted octanol–water partition coefficient (Wildman–Crippen LogP) is 3.20. The number of pyridine rings is 1. The maximum atomic E-state index is 11.8. The summed E-state index contributed by atoms with van der Waals surface area (Å²) in [5.41, 5.74) is 1.59. The maximum Gasteiger partial charge on any atom is 0.574 e. The van der Waals surface area contributed by atoms with Gasteiger partial charge in [-0.1, -0.05) is 0 Å². The largest absolute Gasteiger partial charge is 0.574 e. The summed E-state index contributed by atoms with van der Waals surface area (Å²) in [5.74, 6) is -0.412. The Labute approximate surface area is 92.6 Å². The molecule has 0 fully saturated rings. The van der Waals surface area contributed by atoms with Gasteiger partial charge in [0.2, 0.25) is 5.88 Å². The number of aryl methyl sites for hydroxylation is 1. The minimum Gasteiger partial charge on any atom is -0.388 e. The molecule has 0 aliphatic carbocycles. The molecular weight excluding hydrogens is 310 g/mol. The Bertz CT molecular complexity index is 328. The van der Waals surface area contributed by atoms with Gasteiger partial charge in [0.15, 0.2) is 0 Å². The fourth-order valence-corrected chi connectivity index (χ4v) is 1.50. The van der Waals surface area contributed by atoms with E-state index in [-0.39, 0.29) is 0 Å². The molecule has 0 aromatic carbocycles. The highest BCUT2D eigenvalue weighted by molar-refractivity contribution is 14.1. The fourth-order valence-electron chi connectivity index (χ4n) is 0.840. The molecule has 0 spiro atoms. The lowest BCUT2D eigenvalue weighted by molar-refractivity contribution is -0.276. The van der Waals surface area contributed by atoms with E-state index in [0.717, 1.165) is 11.1 Å². The van der Waals surface area contributed by atoms with Crippen LogP contribution in [0.3, 0.4) is 0 Å². The molecule has 0 saturated carbocycles. The van der Waals surface area contributed by atoms with Crippen molar-refractivity contribution in [3.63, 3.8) is 0 Å². The number of ether oxygens (including phenoxy) is 1. The van der Waals surface area contributed by atoms with E-state index in [0.29, 0.717) is 3.70 Å². The van der Waals surface area contributed by atoms with Crippen LogP contribution in [0.25, 0.3) is 0 Å². The van der Waals surface area contributed by atoms with Gasteiger partial charge >= 0.3 is 6.36 Å². The van der Waals surface area contributed by atoms with E-state index in [1.807, 2.05) is 22.6 Å². The van der Waals surface area contributed by atoms with Crippen molar-refractivity contribution in [1.29, 1.82) is 0 Å². The zero-order valence-corrected chi connectivity index (χ0v) is 9.60. The molecule has 78 valence electrons. The van der Waals surface area contributed by atoms with E-state index in [1.54, 1.807) is 13.8 Å². The molecule has 1 heterocycles. The van der Waals surface area contributed by atoms with Crippen molar-refractivity contribution < 1.29 is 17.9 Å². The lowest BCUT2D eigenvalue weighted by atomic mass is 10.2. The monoisotopic (exact) mass is 317 g/mol. The molecule has 1 aromatic heterocycles. The van der Waals surface area contributed by atoms with Crippen LogP contribution in [0.4, 0.5) is 13.2 Å². The van der Waals surface area contributed by atoms with Crippen molar-refractivity contribution in [2.24, 2.45) is 0 Å². The quantitative estimate of drug-likeness (QED) is 0.586. The first-order chi connectivity index (χ1) is 6.29. The summed E-state index contributed by atoms with van der Waals surface area (Å²) in [6.45, 7) is 3.50. The summed E-state index contributed by atoms with van der Waals surface area (Å²) in [6, 6.07) is 1.27. The van der Waals surface area contributed by atoms with Crippen molar-refractivity contribution >= 4 is 22.6 Å². The van der Waals surface area contributed by atoms with Crippen molar-refractivity contribution in [2.75, 3.05) is 0 Å². The summed E-state index contributed by atoms with van der Waals surface area (Å²) < 4.78 is 39.7. The molecule has 0 bridgehead atoms. The topological polar surface area (TPSA) is 22.1 Å². The Morgan fingerprint density at radius 1 is 1.36 bits per heavy atom. The standard InChI is InChI=1S/C8H7F3INO/c1-4-3-6(14-8(9,10)11)13-7(12)5(4)2/h3H,1-2H3. The van der Waals surface area contributed by atoms with Gasteiger partial charge in [0.05, 0.1) is 0 Å². The molecule has 2 nitrogen and oxygen atoms in total. The highest BCUT2D eigenvalue weighted by atomic mass is 127. The van der Waals surface area contributed by atoms with Crippen molar-refractivity contribution in [3.05, 3.63) is 20.9 Å². The van der Waals surface area contributed by atoms with Gasteiger partial charge in [0, 0.05) is 6.07 Å². The predicted molar refractivity (Wildman–Crippen MR) is 53.1 cm³/mol. The van der Waals surface area contributed by atoms with Crippen LogP contribution in [0, 0.1) is 17.5 Å². The van der Waals surface area contributed by atoms with Crippen LogP contribution in [0.1, 0.15) is 11.1 Å². The van der Waals surface area contributed by atoms with Crippen LogP contribution in [0.2, 0.25) is 0 Å². The first-order valence-corrected chi connectivity index (χ1v) is 4.77. The average molecular weight is 317 g/mol. The van der Waals surface area contributed by atoms with Gasteiger partial charge in [-0.15, -0.1) is 13.2 Å². The highest BCUT2D eigenvalue weighted by Gasteiger charge is 2.32. The second kappa shape index (κ2) is 3.92. The third kappa shape index (κ3) is 3.00. The van der Waals surface area contributed by atoms with E-state index in [4.69, 9.17) is 0 Å². The van der Waals surface area contributed by atoms with Gasteiger partial charge in [-0.25, -0.2) is 4.98 Å². The van der Waals surface area contributed by atoms with Gasteiger partial charge in [0.25, 0.3) is 0 Å². The Morgan fingerprint density at radius 3 is 2.36 bits per heavy atom. The summed E-state index contributed by atoms with van der Waals surface area (Å²) in [4.78, 5) is 3.66. The zero-order valence-electron chi connectivity index (χ0n) is 7.44. The number of halogens is 4. The van der Waals surface area contributed by atoms with Gasteiger partial charge in [-0.05, 0) is 47.6 Å². The lowest BCUT2D eigenvalue weighted by Gasteiger charge is -2.10. The number of alkyl halides is 3. The Balaban J connectivity index is 3.02. The highest BCUT2D eigenvalue weighted by Crippen LogP contribution is 2.24. The number of hydrogen-bond acceptors (Lipinski definition) is 2. The third-order valence-electron chi connectivity index (χ3n) is 1.67. The fraction of sp³-hybridized carbons (Fsp3) is 0.375. The molecule has 0 N–H and O–H groups in total. The van der Waals surface area contributed by atoms with E-state index in [9.17, 15) is 13.2 Å². The second-order valence-corrected chi connectivity index (χ2v) is 3.76.